The van der Waals surface area contributed by atoms with Crippen molar-refractivity contribution in [1.82, 2.24) is 0 Å². The molecule has 0 aliphatic carbocycles. The summed E-state index contributed by atoms with van der Waals surface area (Å²) in [6.45, 7) is 1.34. The number of hydrogen-bond donors (Lipinski definition) is 0. The second kappa shape index (κ2) is 6.50. The Hall–Kier alpha value is -3.20. The third-order valence-corrected chi connectivity index (χ3v) is 3.00. The van der Waals surface area contributed by atoms with Gasteiger partial charge in [-0.3, -0.25) is 14.9 Å². The molecule has 0 saturated heterocycles. The Kier molecular flexibility index (Phi) is 4.49. The standard InChI is InChI=1S/C16H12N2O4/c1-11(19)13-4-7-16(15(10-13)18(20)21)22-14-5-2-12(3-6-14)8-9-17/h2-7,10H,8H2,1H3. The summed E-state index contributed by atoms with van der Waals surface area (Å²) in [6, 6.07) is 12.8. The third-order valence-electron chi connectivity index (χ3n) is 3.00. The van der Waals surface area contributed by atoms with Crippen LogP contribution in [0, 0.1) is 21.4 Å². The van der Waals surface area contributed by atoms with Crippen LogP contribution in [0.1, 0.15) is 22.8 Å². The molecule has 22 heavy (non-hydrogen) atoms. The summed E-state index contributed by atoms with van der Waals surface area (Å²) in [6.07, 6.45) is 0.285. The molecule has 0 radical (unpaired) electrons. The van der Waals surface area contributed by atoms with Gasteiger partial charge in [0.05, 0.1) is 17.4 Å². The predicted octanol–water partition coefficient (Wildman–Crippen LogP) is 3.66. The smallest absolute Gasteiger partial charge is 0.312 e. The molecule has 110 valence electrons. The molecule has 0 aromatic heterocycles. The van der Waals surface area contributed by atoms with Gasteiger partial charge in [-0.05, 0) is 36.8 Å². The van der Waals surface area contributed by atoms with Crippen molar-refractivity contribution in [3.05, 3.63) is 63.7 Å². The quantitative estimate of drug-likeness (QED) is 0.477. The van der Waals surface area contributed by atoms with E-state index in [-0.39, 0.29) is 29.2 Å². The molecule has 0 fully saturated rings. The van der Waals surface area contributed by atoms with E-state index in [0.29, 0.717) is 5.75 Å². The first-order chi connectivity index (χ1) is 10.5. The topological polar surface area (TPSA) is 93.2 Å². The van der Waals surface area contributed by atoms with E-state index in [0.717, 1.165) is 5.56 Å². The zero-order chi connectivity index (χ0) is 16.1. The minimum absolute atomic E-state index is 0.0584. The number of ketones is 1. The van der Waals surface area contributed by atoms with E-state index < -0.39 is 4.92 Å². The Balaban J connectivity index is 2.30. The lowest BCUT2D eigenvalue weighted by atomic mass is 10.1. The Morgan fingerprint density at radius 2 is 1.95 bits per heavy atom. The minimum atomic E-state index is -0.591. The molecule has 6 heteroatoms. The fourth-order valence-corrected chi connectivity index (χ4v) is 1.86. The molecule has 0 aliphatic heterocycles. The Morgan fingerprint density at radius 3 is 2.50 bits per heavy atom. The maximum absolute atomic E-state index is 11.3. The van der Waals surface area contributed by atoms with Crippen molar-refractivity contribution in [2.24, 2.45) is 0 Å². The summed E-state index contributed by atoms with van der Waals surface area (Å²) in [4.78, 5) is 21.8. The number of rotatable bonds is 5. The lowest BCUT2D eigenvalue weighted by Gasteiger charge is -2.07. The number of carbonyl (C=O) groups is 1. The summed E-state index contributed by atoms with van der Waals surface area (Å²) in [7, 11) is 0. The second-order valence-corrected chi connectivity index (χ2v) is 4.58. The van der Waals surface area contributed by atoms with Gasteiger partial charge < -0.3 is 4.74 Å². The number of nitriles is 1. The van der Waals surface area contributed by atoms with E-state index in [4.69, 9.17) is 10.00 Å². The van der Waals surface area contributed by atoms with Crippen LogP contribution >= 0.6 is 0 Å². The highest BCUT2D eigenvalue weighted by atomic mass is 16.6. The molecule has 0 heterocycles. The van der Waals surface area contributed by atoms with Crippen molar-refractivity contribution < 1.29 is 14.5 Å². The zero-order valence-corrected chi connectivity index (χ0v) is 11.8. The van der Waals surface area contributed by atoms with Gasteiger partial charge in [-0.1, -0.05) is 12.1 Å². The average Bonchev–Trinajstić information content (AvgIpc) is 2.49. The molecule has 2 aromatic carbocycles. The lowest BCUT2D eigenvalue weighted by molar-refractivity contribution is -0.385. The Morgan fingerprint density at radius 1 is 1.27 bits per heavy atom. The second-order valence-electron chi connectivity index (χ2n) is 4.58. The van der Waals surface area contributed by atoms with Gasteiger partial charge in [0.1, 0.15) is 5.75 Å². The number of hydrogen-bond acceptors (Lipinski definition) is 5. The molecule has 0 spiro atoms. The zero-order valence-electron chi connectivity index (χ0n) is 11.8. The van der Waals surface area contributed by atoms with Crippen molar-refractivity contribution in [3.8, 4) is 17.6 Å². The molecule has 0 atom stereocenters. The number of benzene rings is 2. The first kappa shape index (κ1) is 15.2. The fourth-order valence-electron chi connectivity index (χ4n) is 1.86. The predicted molar refractivity (Wildman–Crippen MR) is 78.9 cm³/mol. The highest BCUT2D eigenvalue weighted by Crippen LogP contribution is 2.32. The number of nitro groups is 1. The van der Waals surface area contributed by atoms with Gasteiger partial charge >= 0.3 is 5.69 Å². The van der Waals surface area contributed by atoms with Crippen LogP contribution in [-0.4, -0.2) is 10.7 Å². The van der Waals surface area contributed by atoms with Crippen molar-refractivity contribution in [2.45, 2.75) is 13.3 Å². The Bertz CT molecular complexity index is 761. The summed E-state index contributed by atoms with van der Waals surface area (Å²) >= 11 is 0. The molecule has 0 unspecified atom stereocenters. The fraction of sp³-hybridized carbons (Fsp3) is 0.125. The first-order valence-electron chi connectivity index (χ1n) is 6.44. The minimum Gasteiger partial charge on any atom is -0.450 e. The van der Waals surface area contributed by atoms with E-state index in [1.54, 1.807) is 24.3 Å². The van der Waals surface area contributed by atoms with Crippen LogP contribution in [0.25, 0.3) is 0 Å². The largest absolute Gasteiger partial charge is 0.450 e. The molecule has 0 N–H and O–H groups in total. The molecule has 0 bridgehead atoms. The summed E-state index contributed by atoms with van der Waals surface area (Å²) < 4.78 is 5.50. The number of nitro benzene ring substituents is 1. The molecule has 0 saturated carbocycles. The van der Waals surface area contributed by atoms with E-state index in [9.17, 15) is 14.9 Å². The van der Waals surface area contributed by atoms with Gasteiger partial charge in [-0.2, -0.15) is 5.26 Å². The summed E-state index contributed by atoms with van der Waals surface area (Å²) in [5, 5.41) is 19.7. The van der Waals surface area contributed by atoms with E-state index in [2.05, 4.69) is 0 Å². The van der Waals surface area contributed by atoms with Crippen LogP contribution in [0.2, 0.25) is 0 Å². The number of carbonyl (C=O) groups excluding carboxylic acids is 1. The molecule has 2 rings (SSSR count). The lowest BCUT2D eigenvalue weighted by Crippen LogP contribution is -1.98. The molecular weight excluding hydrogens is 284 g/mol. The maximum atomic E-state index is 11.3. The highest BCUT2D eigenvalue weighted by Gasteiger charge is 2.18. The van der Waals surface area contributed by atoms with E-state index in [1.165, 1.54) is 25.1 Å². The average molecular weight is 296 g/mol. The van der Waals surface area contributed by atoms with Crippen molar-refractivity contribution >= 4 is 11.5 Å². The molecule has 2 aromatic rings. The van der Waals surface area contributed by atoms with Crippen molar-refractivity contribution in [1.29, 1.82) is 5.26 Å². The van der Waals surface area contributed by atoms with Crippen LogP contribution in [0.5, 0.6) is 11.5 Å². The normalized spacial score (nSPS) is 9.82. The summed E-state index contributed by atoms with van der Waals surface area (Å²) in [5.41, 5.74) is 0.813. The van der Waals surface area contributed by atoms with Crippen LogP contribution in [0.15, 0.2) is 42.5 Å². The van der Waals surface area contributed by atoms with Crippen LogP contribution < -0.4 is 4.74 Å². The SMILES string of the molecule is CC(=O)c1ccc(Oc2ccc(CC#N)cc2)c([N+](=O)[O-])c1. The third kappa shape index (κ3) is 3.46. The molecular formula is C16H12N2O4. The monoisotopic (exact) mass is 296 g/mol. The van der Waals surface area contributed by atoms with Gasteiger partial charge in [-0.15, -0.1) is 0 Å². The van der Waals surface area contributed by atoms with Gasteiger partial charge in [0, 0.05) is 11.6 Å². The molecule has 6 nitrogen and oxygen atoms in total. The highest BCUT2D eigenvalue weighted by molar-refractivity contribution is 5.95. The van der Waals surface area contributed by atoms with E-state index in [1.807, 2.05) is 6.07 Å². The van der Waals surface area contributed by atoms with Crippen LogP contribution in [-0.2, 0) is 6.42 Å². The van der Waals surface area contributed by atoms with Gasteiger partial charge in [0.2, 0.25) is 5.75 Å². The molecule has 0 amide bonds. The number of nitrogens with zero attached hydrogens (tertiary/aromatic N) is 2. The number of ether oxygens (including phenoxy) is 1. The van der Waals surface area contributed by atoms with Crippen LogP contribution in [0.3, 0.4) is 0 Å². The van der Waals surface area contributed by atoms with Gasteiger partial charge in [-0.25, -0.2) is 0 Å². The van der Waals surface area contributed by atoms with Gasteiger partial charge in [0.15, 0.2) is 5.78 Å². The van der Waals surface area contributed by atoms with E-state index >= 15 is 0 Å². The van der Waals surface area contributed by atoms with Gasteiger partial charge in [0.25, 0.3) is 0 Å². The number of Topliss-reactive ketones (excluding diaryl/α,β-unsaturated/α-hetero) is 1. The Labute approximate surface area is 126 Å². The first-order valence-corrected chi connectivity index (χ1v) is 6.44. The van der Waals surface area contributed by atoms with Crippen LogP contribution in [0.4, 0.5) is 5.69 Å². The van der Waals surface area contributed by atoms with Crippen molar-refractivity contribution in [3.63, 3.8) is 0 Å². The molecule has 0 aliphatic rings. The maximum Gasteiger partial charge on any atom is 0.312 e. The van der Waals surface area contributed by atoms with Crippen molar-refractivity contribution in [2.75, 3.05) is 0 Å². The summed E-state index contributed by atoms with van der Waals surface area (Å²) in [5.74, 6) is 0.221.